The molecule has 10 nitrogen and oxygen atoms in total. The lowest BCUT2D eigenvalue weighted by Crippen LogP contribution is -2.36. The maximum absolute atomic E-state index is 16.3. The van der Waals surface area contributed by atoms with Crippen molar-refractivity contribution in [3.05, 3.63) is 136 Å². The summed E-state index contributed by atoms with van der Waals surface area (Å²) in [5, 5.41) is 9.75. The van der Waals surface area contributed by atoms with Crippen LogP contribution in [-0.2, 0) is 47.0 Å². The van der Waals surface area contributed by atoms with E-state index in [1.165, 1.54) is 51.0 Å². The Labute approximate surface area is 409 Å². The third-order valence-electron chi connectivity index (χ3n) is 14.8. The second-order valence-corrected chi connectivity index (χ2v) is 21.8. The number of hydrogen-bond donors (Lipinski definition) is 2. The fourth-order valence-electron chi connectivity index (χ4n) is 12.0. The van der Waals surface area contributed by atoms with Gasteiger partial charge in [-0.25, -0.2) is 0 Å². The number of carboxylic acids is 1. The van der Waals surface area contributed by atoms with E-state index in [0.29, 0.717) is 17.5 Å². The van der Waals surface area contributed by atoms with Gasteiger partial charge in [0, 0.05) is 119 Å². The molecule has 69 heavy (non-hydrogen) atoms. The van der Waals surface area contributed by atoms with E-state index in [-0.39, 0.29) is 31.0 Å². The second-order valence-electron chi connectivity index (χ2n) is 19.2. The number of carboxylic acid groups (broad SMARTS) is 1. The smallest absolute Gasteiger partial charge is 0.303 e. The summed E-state index contributed by atoms with van der Waals surface area (Å²) < 4.78 is 42.9. The predicted molar refractivity (Wildman–Crippen MR) is 276 cm³/mol. The van der Waals surface area contributed by atoms with Crippen LogP contribution in [0.3, 0.4) is 0 Å². The maximum Gasteiger partial charge on any atom is 0.303 e. The minimum Gasteiger partial charge on any atom is -0.481 e. The van der Waals surface area contributed by atoms with E-state index < -0.39 is 21.8 Å². The van der Waals surface area contributed by atoms with Gasteiger partial charge in [0.25, 0.3) is 16.0 Å². The number of benzene rings is 6. The molecule has 1 amide bonds. The molecule has 0 fully saturated rings. The molecule has 5 heterocycles. The highest BCUT2D eigenvalue weighted by Crippen LogP contribution is 2.60. The Morgan fingerprint density at radius 1 is 0.652 bits per heavy atom. The standard InChI is InChI=1S/C57H57N3O7S2/c1-58(27-15-26-45(61)62)57(63)51-46(36-16-5-2-6-17-36)47(37-18-7-3-8-19-37)56(68-32-33-69(64,65)66)48(38-20-9-4-10-21-38)50(51)49-41-23-12-30-60-31-14-25-43(53(41)60)55-44(49)35-40-34-39-22-11-28-59-29-13-24-42(52(39)59)54(40)67-55/h2-10,16-21,34H,11-15,22-33,35H2,1H3,(H,61,62)(H,64,65,66). The molecule has 12 heteroatoms. The summed E-state index contributed by atoms with van der Waals surface area (Å²) in [6.45, 7) is 4.18. The molecule has 354 valence electrons. The third-order valence-corrected chi connectivity index (χ3v) is 16.9. The summed E-state index contributed by atoms with van der Waals surface area (Å²) in [5.41, 5.74) is 17.0. The largest absolute Gasteiger partial charge is 0.481 e. The van der Waals surface area contributed by atoms with Crippen molar-refractivity contribution >= 4 is 45.1 Å². The number of anilines is 2. The number of carbonyl (C=O) groups is 2. The lowest BCUT2D eigenvalue weighted by atomic mass is 9.74. The van der Waals surface area contributed by atoms with Gasteiger partial charge in [-0.15, -0.1) is 11.8 Å². The number of ether oxygens (including phenoxy) is 1. The number of thioether (sulfide) groups is 1. The Morgan fingerprint density at radius 2 is 1.19 bits per heavy atom. The number of fused-ring (bicyclic) bond motifs is 4. The molecule has 11 rings (SSSR count). The Hall–Kier alpha value is -6.08. The van der Waals surface area contributed by atoms with Crippen LogP contribution >= 0.6 is 11.8 Å². The first kappa shape index (κ1) is 45.4. The van der Waals surface area contributed by atoms with Crippen LogP contribution in [0.1, 0.15) is 82.3 Å². The SMILES string of the molecule is CN(CCCC(=O)O)C(=O)c1c(-c2ccccc2)c(-c2ccccc2)c(SCCS(=O)(=O)O)c(-c2ccccc2)c1-c1c2c(c3c4c1CCCN4CCC3)Oc1c(cc3c4c1CCCN4CCC3)C2. The van der Waals surface area contributed by atoms with Crippen LogP contribution in [0.25, 0.3) is 44.5 Å². The van der Waals surface area contributed by atoms with E-state index in [1.807, 2.05) is 78.9 Å². The van der Waals surface area contributed by atoms with E-state index in [9.17, 15) is 22.9 Å². The molecule has 0 aliphatic carbocycles. The molecule has 5 aliphatic heterocycles. The first-order valence-electron chi connectivity index (χ1n) is 24.6. The molecule has 0 unspecified atom stereocenters. The molecule has 2 N–H and O–H groups in total. The highest BCUT2D eigenvalue weighted by Gasteiger charge is 2.41. The average Bonchev–Trinajstić information content (AvgIpc) is 3.36. The number of nitrogens with zero attached hydrogens (tertiary/aromatic N) is 3. The Balaban J connectivity index is 1.31. The van der Waals surface area contributed by atoms with Gasteiger partial charge in [0.05, 0.1) is 11.3 Å². The van der Waals surface area contributed by atoms with Crippen LogP contribution in [-0.4, -0.2) is 86.1 Å². The van der Waals surface area contributed by atoms with Crippen molar-refractivity contribution in [1.82, 2.24) is 4.90 Å². The Bertz CT molecular complexity index is 3120. The second kappa shape index (κ2) is 18.7. The minimum absolute atomic E-state index is 0.0544. The van der Waals surface area contributed by atoms with Crippen LogP contribution in [0, 0.1) is 0 Å². The summed E-state index contributed by atoms with van der Waals surface area (Å²) in [5.74, 6) is 0.323. The normalized spacial score (nSPS) is 15.6. The summed E-state index contributed by atoms with van der Waals surface area (Å²) in [6, 6.07) is 32.5. The molecule has 0 bridgehead atoms. The van der Waals surface area contributed by atoms with Gasteiger partial charge in [0.15, 0.2) is 0 Å². The number of amides is 1. The molecule has 0 spiro atoms. The van der Waals surface area contributed by atoms with Crippen LogP contribution in [0.4, 0.5) is 11.4 Å². The fraction of sp³-hybridized carbons (Fsp3) is 0.333. The first-order chi connectivity index (χ1) is 33.6. The van der Waals surface area contributed by atoms with E-state index in [1.54, 1.807) is 11.9 Å². The van der Waals surface area contributed by atoms with Gasteiger partial charge < -0.3 is 24.5 Å². The maximum atomic E-state index is 16.3. The van der Waals surface area contributed by atoms with E-state index in [0.717, 1.165) is 138 Å². The van der Waals surface area contributed by atoms with Gasteiger partial charge in [0.2, 0.25) is 0 Å². The molecule has 0 aromatic heterocycles. The summed E-state index contributed by atoms with van der Waals surface area (Å²) >= 11 is 1.39. The fourth-order valence-corrected chi connectivity index (χ4v) is 14.1. The van der Waals surface area contributed by atoms with Gasteiger partial charge in [0.1, 0.15) is 11.5 Å². The van der Waals surface area contributed by atoms with Crippen molar-refractivity contribution in [1.29, 1.82) is 0 Å². The summed E-state index contributed by atoms with van der Waals surface area (Å²) in [7, 11) is -2.57. The van der Waals surface area contributed by atoms with Crippen LogP contribution in [0.15, 0.2) is 102 Å². The Morgan fingerprint density at radius 3 is 1.78 bits per heavy atom. The van der Waals surface area contributed by atoms with Crippen LogP contribution in [0.2, 0.25) is 0 Å². The lowest BCUT2D eigenvalue weighted by Gasteiger charge is -2.43. The van der Waals surface area contributed by atoms with E-state index in [2.05, 4.69) is 28.0 Å². The third kappa shape index (κ3) is 8.38. The lowest BCUT2D eigenvalue weighted by molar-refractivity contribution is -0.137. The molecule has 0 radical (unpaired) electrons. The van der Waals surface area contributed by atoms with Gasteiger partial charge in [-0.1, -0.05) is 91.0 Å². The highest BCUT2D eigenvalue weighted by molar-refractivity contribution is 8.00. The van der Waals surface area contributed by atoms with Crippen molar-refractivity contribution in [2.75, 3.05) is 61.1 Å². The average molecular weight is 960 g/mol. The zero-order chi connectivity index (χ0) is 47.4. The zero-order valence-electron chi connectivity index (χ0n) is 39.1. The molecule has 6 aromatic carbocycles. The summed E-state index contributed by atoms with van der Waals surface area (Å²) in [6.07, 6.45) is 8.61. The molecule has 5 aliphatic rings. The van der Waals surface area contributed by atoms with E-state index >= 15 is 4.79 Å². The quantitative estimate of drug-likeness (QED) is 0.0852. The van der Waals surface area contributed by atoms with E-state index in [4.69, 9.17) is 4.74 Å². The molecule has 0 saturated carbocycles. The number of hydrogen-bond acceptors (Lipinski definition) is 8. The van der Waals surface area contributed by atoms with Gasteiger partial charge >= 0.3 is 5.97 Å². The van der Waals surface area contributed by atoms with Crippen molar-refractivity contribution < 1.29 is 32.4 Å². The van der Waals surface area contributed by atoms with Crippen LogP contribution < -0.4 is 14.5 Å². The number of carbonyl (C=O) groups excluding carboxylic acids is 1. The molecule has 0 atom stereocenters. The monoisotopic (exact) mass is 959 g/mol. The topological polar surface area (TPSA) is 128 Å². The minimum atomic E-state index is -4.34. The number of aliphatic carboxylic acids is 1. The van der Waals surface area contributed by atoms with Crippen molar-refractivity contribution in [2.45, 2.75) is 75.5 Å². The van der Waals surface area contributed by atoms with Crippen LogP contribution in [0.5, 0.6) is 11.5 Å². The Kier molecular flexibility index (Phi) is 12.3. The number of rotatable bonds is 13. The molecular weight excluding hydrogens is 903 g/mol. The number of aryl methyl sites for hydroxylation is 1. The van der Waals surface area contributed by atoms with Crippen molar-refractivity contribution in [2.24, 2.45) is 0 Å². The summed E-state index contributed by atoms with van der Waals surface area (Å²) in [4.78, 5) is 35.7. The highest BCUT2D eigenvalue weighted by atomic mass is 32.2. The predicted octanol–water partition coefficient (Wildman–Crippen LogP) is 11.4. The van der Waals surface area contributed by atoms with Crippen molar-refractivity contribution in [3.8, 4) is 56.0 Å². The first-order valence-corrected chi connectivity index (χ1v) is 27.2. The van der Waals surface area contributed by atoms with Crippen molar-refractivity contribution in [3.63, 3.8) is 0 Å². The molecular formula is C57H57N3O7S2. The molecule has 0 saturated heterocycles. The zero-order valence-corrected chi connectivity index (χ0v) is 40.7. The molecule has 6 aromatic rings. The van der Waals surface area contributed by atoms with Gasteiger partial charge in [-0.05, 0) is 97.2 Å². The van der Waals surface area contributed by atoms with Gasteiger partial charge in [-0.3, -0.25) is 14.1 Å². The van der Waals surface area contributed by atoms with Gasteiger partial charge in [-0.2, -0.15) is 8.42 Å².